The molecule has 0 saturated heterocycles. The van der Waals surface area contributed by atoms with Gasteiger partial charge in [0.25, 0.3) is 0 Å². The van der Waals surface area contributed by atoms with E-state index < -0.39 is 5.82 Å². The van der Waals surface area contributed by atoms with Gasteiger partial charge in [-0.05, 0) is 38.0 Å². The second-order valence-electron chi connectivity index (χ2n) is 6.86. The Morgan fingerprint density at radius 2 is 2.00 bits per heavy atom. The number of hydrogen-bond acceptors (Lipinski definition) is 6. The Morgan fingerprint density at radius 1 is 1.14 bits per heavy atom. The van der Waals surface area contributed by atoms with Crippen LogP contribution < -0.4 is 10.1 Å². The van der Waals surface area contributed by atoms with E-state index in [-0.39, 0.29) is 12.1 Å². The molecular formula is C21H21FN6O. The van der Waals surface area contributed by atoms with Gasteiger partial charge >= 0.3 is 6.01 Å². The largest absolute Gasteiger partial charge is 0.461 e. The minimum atomic E-state index is -0.455. The molecular weight excluding hydrogens is 371 g/mol. The summed E-state index contributed by atoms with van der Waals surface area (Å²) in [6, 6.07) is 9.68. The van der Waals surface area contributed by atoms with Gasteiger partial charge in [-0.1, -0.05) is 18.2 Å². The number of nitrogens with one attached hydrogen (secondary N) is 2. The quantitative estimate of drug-likeness (QED) is 0.494. The van der Waals surface area contributed by atoms with Gasteiger partial charge in [-0.3, -0.25) is 4.98 Å². The predicted molar refractivity (Wildman–Crippen MR) is 109 cm³/mol. The number of fused-ring (bicyclic) bond motifs is 1. The fourth-order valence-corrected chi connectivity index (χ4v) is 3.01. The highest BCUT2D eigenvalue weighted by molar-refractivity contribution is 5.83. The van der Waals surface area contributed by atoms with Crippen molar-refractivity contribution in [1.29, 1.82) is 0 Å². The molecule has 3 heterocycles. The van der Waals surface area contributed by atoms with Gasteiger partial charge in [0.15, 0.2) is 5.82 Å². The average molecular weight is 392 g/mol. The Kier molecular flexibility index (Phi) is 5.33. The van der Waals surface area contributed by atoms with E-state index in [0.717, 1.165) is 18.1 Å². The number of halogens is 1. The molecule has 148 valence electrons. The summed E-state index contributed by atoms with van der Waals surface area (Å²) in [4.78, 5) is 20.2. The zero-order valence-electron chi connectivity index (χ0n) is 16.2. The summed E-state index contributed by atoms with van der Waals surface area (Å²) in [5.74, 6) is 0.218. The lowest BCUT2D eigenvalue weighted by molar-refractivity contribution is 0.222. The highest BCUT2D eigenvalue weighted by Crippen LogP contribution is 2.21. The zero-order chi connectivity index (χ0) is 20.2. The van der Waals surface area contributed by atoms with Crippen molar-refractivity contribution in [1.82, 2.24) is 24.9 Å². The van der Waals surface area contributed by atoms with Crippen molar-refractivity contribution in [2.24, 2.45) is 0 Å². The van der Waals surface area contributed by atoms with Crippen LogP contribution in [0.1, 0.15) is 19.4 Å². The number of H-pyrrole nitrogens is 1. The van der Waals surface area contributed by atoms with Gasteiger partial charge in [-0.2, -0.15) is 15.0 Å². The topological polar surface area (TPSA) is 88.6 Å². The first-order valence-corrected chi connectivity index (χ1v) is 9.41. The molecule has 0 saturated carbocycles. The van der Waals surface area contributed by atoms with Crippen LogP contribution in [0.2, 0.25) is 0 Å². The maximum absolute atomic E-state index is 13.6. The Morgan fingerprint density at radius 3 is 2.83 bits per heavy atom. The summed E-state index contributed by atoms with van der Waals surface area (Å²) in [6.07, 6.45) is 5.34. The van der Waals surface area contributed by atoms with E-state index >= 15 is 0 Å². The second kappa shape index (κ2) is 8.22. The molecule has 0 bridgehead atoms. The lowest BCUT2D eigenvalue weighted by Gasteiger charge is -2.11. The lowest BCUT2D eigenvalue weighted by atomic mass is 10.1. The molecule has 7 nitrogen and oxygen atoms in total. The van der Waals surface area contributed by atoms with E-state index in [1.54, 1.807) is 0 Å². The molecule has 0 atom stereocenters. The van der Waals surface area contributed by atoms with Crippen LogP contribution in [-0.4, -0.2) is 37.6 Å². The molecule has 3 aromatic heterocycles. The molecule has 0 amide bonds. The van der Waals surface area contributed by atoms with Crippen molar-refractivity contribution in [3.8, 4) is 17.4 Å². The highest BCUT2D eigenvalue weighted by atomic mass is 19.1. The molecule has 8 heteroatoms. The number of anilines is 1. The molecule has 4 aromatic rings. The van der Waals surface area contributed by atoms with Gasteiger partial charge in [0.1, 0.15) is 5.82 Å². The molecule has 4 rings (SSSR count). The number of para-hydroxylation sites is 1. The lowest BCUT2D eigenvalue weighted by Crippen LogP contribution is -2.13. The summed E-state index contributed by atoms with van der Waals surface area (Å²) in [7, 11) is 0. The van der Waals surface area contributed by atoms with Crippen LogP contribution in [0.15, 0.2) is 48.9 Å². The first kappa shape index (κ1) is 18.8. The number of rotatable bonds is 7. The molecule has 1 aromatic carbocycles. The number of ether oxygens (including phenoxy) is 1. The third kappa shape index (κ3) is 4.48. The number of benzene rings is 1. The summed E-state index contributed by atoms with van der Waals surface area (Å²) < 4.78 is 19.2. The smallest absolute Gasteiger partial charge is 0.322 e. The second-order valence-corrected chi connectivity index (χ2v) is 6.86. The van der Waals surface area contributed by atoms with E-state index in [0.29, 0.717) is 23.9 Å². The number of nitrogens with zero attached hydrogens (tertiary/aromatic N) is 4. The van der Waals surface area contributed by atoms with E-state index in [2.05, 4.69) is 36.3 Å². The van der Waals surface area contributed by atoms with Crippen LogP contribution in [0.25, 0.3) is 22.3 Å². The summed E-state index contributed by atoms with van der Waals surface area (Å²) in [5, 5.41) is 4.41. The fraction of sp³-hybridized carbons (Fsp3) is 0.238. The van der Waals surface area contributed by atoms with Crippen molar-refractivity contribution in [3.63, 3.8) is 0 Å². The molecule has 0 radical (unpaired) electrons. The summed E-state index contributed by atoms with van der Waals surface area (Å²) in [5.41, 5.74) is 2.77. The highest BCUT2D eigenvalue weighted by Gasteiger charge is 2.12. The van der Waals surface area contributed by atoms with Gasteiger partial charge in [-0.25, -0.2) is 4.39 Å². The van der Waals surface area contributed by atoms with Crippen molar-refractivity contribution in [2.75, 3.05) is 11.9 Å². The van der Waals surface area contributed by atoms with E-state index in [1.165, 1.54) is 23.2 Å². The Balaban J connectivity index is 1.54. The molecule has 0 unspecified atom stereocenters. The number of aromatic amines is 1. The van der Waals surface area contributed by atoms with Gasteiger partial charge in [-0.15, -0.1) is 0 Å². The maximum Gasteiger partial charge on any atom is 0.322 e. The number of aromatic nitrogens is 5. The third-order valence-electron chi connectivity index (χ3n) is 4.27. The van der Waals surface area contributed by atoms with Gasteiger partial charge in [0, 0.05) is 35.4 Å². The van der Waals surface area contributed by atoms with Crippen LogP contribution in [0.5, 0.6) is 6.01 Å². The summed E-state index contributed by atoms with van der Waals surface area (Å²) >= 11 is 0. The Hall–Kier alpha value is -3.55. The SMILES string of the molecule is CC(C)Oc1nc(NCCc2c[nH]c3ccccc23)nc(-c2cncc(F)c2)n1. The Bertz CT molecular complexity index is 1130. The van der Waals surface area contributed by atoms with Gasteiger partial charge in [0.2, 0.25) is 5.95 Å². The van der Waals surface area contributed by atoms with Crippen LogP contribution >= 0.6 is 0 Å². The first-order chi connectivity index (χ1) is 14.1. The average Bonchev–Trinajstić information content (AvgIpc) is 3.11. The molecule has 29 heavy (non-hydrogen) atoms. The zero-order valence-corrected chi connectivity index (χ0v) is 16.2. The van der Waals surface area contributed by atoms with Crippen molar-refractivity contribution in [2.45, 2.75) is 26.4 Å². The van der Waals surface area contributed by atoms with Crippen molar-refractivity contribution < 1.29 is 9.13 Å². The van der Waals surface area contributed by atoms with E-state index in [4.69, 9.17) is 4.74 Å². The minimum absolute atomic E-state index is 0.102. The van der Waals surface area contributed by atoms with Crippen LogP contribution in [0, 0.1) is 5.82 Å². The monoisotopic (exact) mass is 392 g/mol. The van der Waals surface area contributed by atoms with Crippen LogP contribution in [0.3, 0.4) is 0 Å². The third-order valence-corrected chi connectivity index (χ3v) is 4.27. The van der Waals surface area contributed by atoms with Gasteiger partial charge < -0.3 is 15.0 Å². The fourth-order valence-electron chi connectivity index (χ4n) is 3.01. The van der Waals surface area contributed by atoms with E-state index in [9.17, 15) is 4.39 Å². The number of pyridine rings is 1. The first-order valence-electron chi connectivity index (χ1n) is 9.41. The molecule has 0 fully saturated rings. The normalized spacial score (nSPS) is 11.2. The standard InChI is InChI=1S/C21H21FN6O/c1-13(2)29-21-27-19(15-9-16(22)12-23-10-15)26-20(28-21)24-8-7-14-11-25-18-6-4-3-5-17(14)18/h3-6,9-13,25H,7-8H2,1-2H3,(H,24,26,27,28). The Labute approximate surface area is 167 Å². The minimum Gasteiger partial charge on any atom is -0.461 e. The predicted octanol–water partition coefficient (Wildman–Crippen LogP) is 4.00. The maximum atomic E-state index is 13.6. The molecule has 0 aliphatic heterocycles. The molecule has 2 N–H and O–H groups in total. The molecule has 0 aliphatic rings. The van der Waals surface area contributed by atoms with Crippen molar-refractivity contribution in [3.05, 3.63) is 60.3 Å². The van der Waals surface area contributed by atoms with Gasteiger partial charge in [0.05, 0.1) is 12.3 Å². The number of hydrogen-bond donors (Lipinski definition) is 2. The molecule has 0 spiro atoms. The van der Waals surface area contributed by atoms with E-state index in [1.807, 2.05) is 38.2 Å². The van der Waals surface area contributed by atoms with Crippen LogP contribution in [-0.2, 0) is 6.42 Å². The van der Waals surface area contributed by atoms with Crippen LogP contribution in [0.4, 0.5) is 10.3 Å². The summed E-state index contributed by atoms with van der Waals surface area (Å²) in [6.45, 7) is 4.39. The van der Waals surface area contributed by atoms with Crippen molar-refractivity contribution >= 4 is 16.9 Å². The molecule has 0 aliphatic carbocycles.